The number of hydrogen-bond acceptors (Lipinski definition) is 6. The van der Waals surface area contributed by atoms with Crippen molar-refractivity contribution in [2.75, 3.05) is 32.1 Å². The third kappa shape index (κ3) is 3.74. The molecule has 28 heavy (non-hydrogen) atoms. The van der Waals surface area contributed by atoms with Gasteiger partial charge in [0.2, 0.25) is 0 Å². The molecule has 8 heteroatoms. The van der Waals surface area contributed by atoms with Gasteiger partial charge in [-0.3, -0.25) is 10.6 Å². The molecule has 5 N–H and O–H groups in total. The predicted octanol–water partition coefficient (Wildman–Crippen LogP) is 1.69. The molecule has 3 aliphatic heterocycles. The van der Waals surface area contributed by atoms with Gasteiger partial charge in [0.25, 0.3) is 0 Å². The van der Waals surface area contributed by atoms with E-state index in [0.29, 0.717) is 23.6 Å². The summed E-state index contributed by atoms with van der Waals surface area (Å²) >= 11 is 0. The van der Waals surface area contributed by atoms with Crippen LogP contribution in [0.15, 0.2) is 12.1 Å². The van der Waals surface area contributed by atoms with Crippen LogP contribution in [0.2, 0.25) is 0 Å². The van der Waals surface area contributed by atoms with Crippen LogP contribution >= 0.6 is 0 Å². The summed E-state index contributed by atoms with van der Waals surface area (Å²) in [6.45, 7) is 4.00. The largest absolute Gasteiger partial charge is 0.492 e. The second kappa shape index (κ2) is 8.32. The van der Waals surface area contributed by atoms with Gasteiger partial charge in [0.15, 0.2) is 5.82 Å². The Morgan fingerprint density at radius 1 is 1.25 bits per heavy atom. The Balaban J connectivity index is 1.65. The molecule has 3 heterocycles. The van der Waals surface area contributed by atoms with Crippen molar-refractivity contribution in [1.29, 1.82) is 0 Å². The molecular weight excluding hydrogens is 364 g/mol. The van der Waals surface area contributed by atoms with Gasteiger partial charge in [0.1, 0.15) is 18.2 Å². The van der Waals surface area contributed by atoms with Gasteiger partial charge in [-0.05, 0) is 45.0 Å². The van der Waals surface area contributed by atoms with E-state index in [1.165, 1.54) is 0 Å². The highest BCUT2D eigenvalue weighted by atomic mass is 19.1. The molecule has 4 atom stereocenters. The van der Waals surface area contributed by atoms with Gasteiger partial charge >= 0.3 is 0 Å². The van der Waals surface area contributed by atoms with Gasteiger partial charge in [0, 0.05) is 24.6 Å². The molecular formula is C20H29F2N5O. The first-order chi connectivity index (χ1) is 13.6. The SMILES string of the molecule is CNC1NC(Nc2cc3c(c(C4=CCNCCC4)c2F)OCC3)NC(C)C1F. The average molecular weight is 393 g/mol. The molecule has 6 nitrogen and oxygen atoms in total. The normalized spacial score (nSPS) is 30.2. The third-order valence-electron chi connectivity index (χ3n) is 5.71. The minimum atomic E-state index is -1.08. The fraction of sp³-hybridized carbons (Fsp3) is 0.600. The number of hydrogen-bond donors (Lipinski definition) is 5. The van der Waals surface area contributed by atoms with Crippen LogP contribution in [0.3, 0.4) is 0 Å². The van der Waals surface area contributed by atoms with Crippen molar-refractivity contribution in [1.82, 2.24) is 21.3 Å². The highest BCUT2D eigenvalue weighted by Gasteiger charge is 2.35. The molecule has 1 aromatic rings. The van der Waals surface area contributed by atoms with Crippen molar-refractivity contribution in [3.63, 3.8) is 0 Å². The Morgan fingerprint density at radius 2 is 2.11 bits per heavy atom. The van der Waals surface area contributed by atoms with Crippen LogP contribution in [0.5, 0.6) is 5.75 Å². The van der Waals surface area contributed by atoms with E-state index in [0.717, 1.165) is 43.5 Å². The van der Waals surface area contributed by atoms with E-state index >= 15 is 4.39 Å². The van der Waals surface area contributed by atoms with Gasteiger partial charge in [-0.2, -0.15) is 0 Å². The summed E-state index contributed by atoms with van der Waals surface area (Å²) in [5.74, 6) is 0.361. The molecule has 0 radical (unpaired) electrons. The lowest BCUT2D eigenvalue weighted by atomic mass is 9.96. The van der Waals surface area contributed by atoms with Crippen LogP contribution in [0, 0.1) is 5.82 Å². The van der Waals surface area contributed by atoms with E-state index in [1.54, 1.807) is 14.0 Å². The number of rotatable bonds is 4. The Bertz CT molecular complexity index is 757. The van der Waals surface area contributed by atoms with E-state index < -0.39 is 18.6 Å². The van der Waals surface area contributed by atoms with Crippen molar-refractivity contribution in [2.45, 2.75) is 50.9 Å². The van der Waals surface area contributed by atoms with E-state index in [-0.39, 0.29) is 11.9 Å². The van der Waals surface area contributed by atoms with Crippen molar-refractivity contribution >= 4 is 11.3 Å². The predicted molar refractivity (Wildman–Crippen MR) is 107 cm³/mol. The first kappa shape index (κ1) is 19.6. The van der Waals surface area contributed by atoms with Crippen molar-refractivity contribution < 1.29 is 13.5 Å². The Morgan fingerprint density at radius 3 is 2.93 bits per heavy atom. The molecule has 1 fully saturated rings. The van der Waals surface area contributed by atoms with Crippen LogP contribution in [0.1, 0.15) is 30.9 Å². The summed E-state index contributed by atoms with van der Waals surface area (Å²) < 4.78 is 35.6. The van der Waals surface area contributed by atoms with E-state index in [9.17, 15) is 4.39 Å². The fourth-order valence-corrected chi connectivity index (χ4v) is 4.18. The molecule has 0 aromatic heterocycles. The lowest BCUT2D eigenvalue weighted by Gasteiger charge is -2.39. The summed E-state index contributed by atoms with van der Waals surface area (Å²) in [6.07, 6.45) is 2.54. The number of halogens is 2. The summed E-state index contributed by atoms with van der Waals surface area (Å²) in [7, 11) is 1.71. The van der Waals surface area contributed by atoms with Crippen LogP contribution in [-0.2, 0) is 6.42 Å². The molecule has 154 valence electrons. The van der Waals surface area contributed by atoms with Crippen molar-refractivity contribution in [2.24, 2.45) is 0 Å². The van der Waals surface area contributed by atoms with Gasteiger partial charge in [-0.25, -0.2) is 8.78 Å². The summed E-state index contributed by atoms with van der Waals surface area (Å²) in [5.41, 5.74) is 2.97. The highest BCUT2D eigenvalue weighted by Crippen LogP contribution is 2.41. The second-order valence-corrected chi connectivity index (χ2v) is 7.65. The Kier molecular flexibility index (Phi) is 5.82. The lowest BCUT2D eigenvalue weighted by molar-refractivity contribution is 0.116. The van der Waals surface area contributed by atoms with Crippen LogP contribution in [0.4, 0.5) is 14.5 Å². The van der Waals surface area contributed by atoms with Crippen molar-refractivity contribution in [3.05, 3.63) is 29.1 Å². The van der Waals surface area contributed by atoms with Crippen molar-refractivity contribution in [3.8, 4) is 5.75 Å². The fourth-order valence-electron chi connectivity index (χ4n) is 4.18. The molecule has 0 amide bonds. The molecule has 1 saturated heterocycles. The van der Waals surface area contributed by atoms with Crippen LogP contribution in [-0.4, -0.2) is 51.4 Å². The molecule has 0 spiro atoms. The van der Waals surface area contributed by atoms with Gasteiger partial charge in [-0.15, -0.1) is 0 Å². The average Bonchev–Trinajstić information content (AvgIpc) is 2.97. The highest BCUT2D eigenvalue weighted by molar-refractivity contribution is 5.77. The zero-order chi connectivity index (χ0) is 19.7. The minimum Gasteiger partial charge on any atom is -0.492 e. The molecule has 0 bridgehead atoms. The zero-order valence-corrected chi connectivity index (χ0v) is 16.4. The second-order valence-electron chi connectivity index (χ2n) is 7.65. The summed E-state index contributed by atoms with van der Waals surface area (Å²) in [6, 6.07) is 1.45. The third-order valence-corrected chi connectivity index (χ3v) is 5.71. The molecule has 4 rings (SSSR count). The van der Waals surface area contributed by atoms with Gasteiger partial charge in [-0.1, -0.05) is 6.08 Å². The number of benzene rings is 1. The molecule has 4 unspecified atom stereocenters. The van der Waals surface area contributed by atoms with Gasteiger partial charge in [0.05, 0.1) is 24.0 Å². The minimum absolute atomic E-state index is 0.312. The molecule has 0 aliphatic carbocycles. The number of anilines is 1. The summed E-state index contributed by atoms with van der Waals surface area (Å²) in [4.78, 5) is 0. The topological polar surface area (TPSA) is 69.4 Å². The maximum atomic E-state index is 15.6. The zero-order valence-electron chi connectivity index (χ0n) is 16.4. The smallest absolute Gasteiger partial charge is 0.157 e. The van der Waals surface area contributed by atoms with Gasteiger partial charge < -0.3 is 20.7 Å². The number of nitrogens with one attached hydrogen (secondary N) is 5. The first-order valence-electron chi connectivity index (χ1n) is 10.1. The quantitative estimate of drug-likeness (QED) is 0.537. The van der Waals surface area contributed by atoms with Crippen LogP contribution in [0.25, 0.3) is 5.57 Å². The maximum Gasteiger partial charge on any atom is 0.157 e. The van der Waals surface area contributed by atoms with Crippen LogP contribution < -0.4 is 31.3 Å². The Hall–Kier alpha value is -1.74. The molecule has 3 aliphatic rings. The van der Waals surface area contributed by atoms with E-state index in [1.807, 2.05) is 6.07 Å². The number of ether oxygens (including phenoxy) is 1. The molecule has 1 aromatic carbocycles. The maximum absolute atomic E-state index is 15.6. The number of alkyl halides is 1. The number of fused-ring (bicyclic) bond motifs is 1. The molecule has 0 saturated carbocycles. The lowest BCUT2D eigenvalue weighted by Crippen LogP contribution is -2.69. The monoisotopic (exact) mass is 393 g/mol. The Labute approximate surface area is 164 Å². The standard InChI is InChI=1S/C20H29F2N5O/c1-11-16(21)19(23-2)27-20(25-11)26-14-10-13-6-9-28-18(13)15(17(14)22)12-4-3-7-24-8-5-12/h5,10-11,16,19-20,23-27H,3-4,6-9H2,1-2H3. The number of allylic oxidation sites excluding steroid dienone is 1. The summed E-state index contributed by atoms with van der Waals surface area (Å²) in [5, 5.41) is 15.7. The van der Waals surface area contributed by atoms with E-state index in [4.69, 9.17) is 4.74 Å². The van der Waals surface area contributed by atoms with E-state index in [2.05, 4.69) is 32.7 Å². The first-order valence-corrected chi connectivity index (χ1v) is 10.1.